The molecule has 4 nitrogen and oxygen atoms in total. The van der Waals surface area contributed by atoms with Gasteiger partial charge in [-0.1, -0.05) is 20.3 Å². The maximum Gasteiger partial charge on any atom is 0.543 e. The third kappa shape index (κ3) is 4.25. The second kappa shape index (κ2) is 8.75. The van der Waals surface area contributed by atoms with E-state index in [1.165, 1.54) is 0 Å². The largest absolute Gasteiger partial charge is 0.543 e. The average molecular weight is 248 g/mol. The van der Waals surface area contributed by atoms with Gasteiger partial charge >= 0.3 is 8.80 Å². The van der Waals surface area contributed by atoms with E-state index in [0.717, 1.165) is 19.3 Å². The molecule has 5 heteroatoms. The molecular formula is C11H24O4Si. The summed E-state index contributed by atoms with van der Waals surface area (Å²) in [7, 11) is 2.11. The summed E-state index contributed by atoms with van der Waals surface area (Å²) in [4.78, 5) is 0. The first kappa shape index (κ1) is 15.6. The highest BCUT2D eigenvalue weighted by Crippen LogP contribution is 2.18. The molecule has 0 N–H and O–H groups in total. The Balaban J connectivity index is 4.43. The molecule has 0 amide bonds. The fraction of sp³-hybridized carbons (Fsp3) is 0.818. The molecule has 0 aromatic heterocycles. The van der Waals surface area contributed by atoms with Crippen molar-refractivity contribution >= 4 is 8.80 Å². The summed E-state index contributed by atoms with van der Waals surface area (Å²) in [5.74, 6) is 0. The summed E-state index contributed by atoms with van der Waals surface area (Å²) in [6.07, 6.45) is 6.63. The summed E-state index contributed by atoms with van der Waals surface area (Å²) < 4.78 is 21.8. The van der Waals surface area contributed by atoms with Crippen LogP contribution in [0.4, 0.5) is 0 Å². The van der Waals surface area contributed by atoms with Crippen molar-refractivity contribution in [1.29, 1.82) is 0 Å². The molecule has 0 aliphatic carbocycles. The van der Waals surface area contributed by atoms with Gasteiger partial charge < -0.3 is 18.0 Å². The number of hydrogen-bond acceptors (Lipinski definition) is 4. The van der Waals surface area contributed by atoms with Crippen molar-refractivity contribution in [2.24, 2.45) is 0 Å². The monoisotopic (exact) mass is 248 g/mol. The normalized spacial score (nSPS) is 14.3. The zero-order chi connectivity index (χ0) is 12.4. The van der Waals surface area contributed by atoms with E-state index in [-0.39, 0.29) is 5.73 Å². The molecule has 0 aromatic rings. The van der Waals surface area contributed by atoms with Crippen molar-refractivity contribution in [2.45, 2.75) is 38.8 Å². The number of allylic oxidation sites excluding steroid dienone is 1. The van der Waals surface area contributed by atoms with Gasteiger partial charge in [0.2, 0.25) is 0 Å². The van der Waals surface area contributed by atoms with Crippen molar-refractivity contribution < 1.29 is 18.0 Å². The first-order valence-electron chi connectivity index (χ1n) is 5.66. The third-order valence-corrected chi connectivity index (χ3v) is 5.45. The van der Waals surface area contributed by atoms with E-state index in [9.17, 15) is 0 Å². The van der Waals surface area contributed by atoms with Crippen molar-refractivity contribution in [3.63, 3.8) is 0 Å². The Morgan fingerprint density at radius 1 is 1.06 bits per heavy atom. The minimum absolute atomic E-state index is 0.152. The van der Waals surface area contributed by atoms with Crippen molar-refractivity contribution in [3.8, 4) is 0 Å². The first-order chi connectivity index (χ1) is 7.70. The van der Waals surface area contributed by atoms with E-state index in [0.29, 0.717) is 0 Å². The predicted molar refractivity (Wildman–Crippen MR) is 66.0 cm³/mol. The molecular weight excluding hydrogens is 224 g/mol. The number of hydrogen-bond donors (Lipinski definition) is 0. The third-order valence-electron chi connectivity index (χ3n) is 2.41. The quantitative estimate of drug-likeness (QED) is 0.464. The van der Waals surface area contributed by atoms with E-state index in [1.807, 2.05) is 13.0 Å². The lowest BCUT2D eigenvalue weighted by molar-refractivity contribution is 0.0495. The van der Waals surface area contributed by atoms with Gasteiger partial charge in [-0.2, -0.15) is 0 Å². The molecule has 0 aliphatic heterocycles. The lowest BCUT2D eigenvalue weighted by Crippen LogP contribution is -2.54. The van der Waals surface area contributed by atoms with Crippen LogP contribution in [-0.4, -0.2) is 35.9 Å². The van der Waals surface area contributed by atoms with Crippen LogP contribution in [0.25, 0.3) is 0 Å². The Kier molecular flexibility index (Phi) is 8.55. The highest BCUT2D eigenvalue weighted by molar-refractivity contribution is 6.62. The first-order valence-corrected chi connectivity index (χ1v) is 7.46. The molecule has 0 aliphatic rings. The molecule has 0 saturated heterocycles. The Morgan fingerprint density at radius 2 is 1.62 bits per heavy atom. The van der Waals surface area contributed by atoms with E-state index >= 15 is 0 Å². The predicted octanol–water partition coefficient (Wildman–Crippen LogP) is 2.51. The molecule has 96 valence electrons. The highest BCUT2D eigenvalue weighted by Gasteiger charge is 2.48. The lowest BCUT2D eigenvalue weighted by atomic mass is 10.3. The minimum Gasteiger partial charge on any atom is -0.494 e. The van der Waals surface area contributed by atoms with Crippen LogP contribution < -0.4 is 0 Å². The van der Waals surface area contributed by atoms with Gasteiger partial charge in [0.15, 0.2) is 5.73 Å². The number of ether oxygens (including phenoxy) is 1. The van der Waals surface area contributed by atoms with Gasteiger partial charge in [-0.3, -0.25) is 0 Å². The second-order valence-corrected chi connectivity index (χ2v) is 6.49. The maximum absolute atomic E-state index is 5.64. The van der Waals surface area contributed by atoms with E-state index in [1.54, 1.807) is 27.6 Å². The molecule has 0 fully saturated rings. The maximum atomic E-state index is 5.64. The van der Waals surface area contributed by atoms with Gasteiger partial charge in [0.1, 0.15) is 0 Å². The van der Waals surface area contributed by atoms with Crippen LogP contribution in [0.3, 0.4) is 0 Å². The van der Waals surface area contributed by atoms with Crippen LogP contribution in [0.5, 0.6) is 0 Å². The summed E-state index contributed by atoms with van der Waals surface area (Å²) in [5.41, 5.74) is -0.152. The molecule has 0 bridgehead atoms. The number of rotatable bonds is 9. The molecule has 0 saturated carbocycles. The van der Waals surface area contributed by atoms with Crippen molar-refractivity contribution in [1.82, 2.24) is 0 Å². The average Bonchev–Trinajstić information content (AvgIpc) is 2.34. The fourth-order valence-electron chi connectivity index (χ4n) is 1.46. The van der Waals surface area contributed by atoms with Crippen LogP contribution in [0.15, 0.2) is 12.3 Å². The van der Waals surface area contributed by atoms with Gasteiger partial charge in [0.25, 0.3) is 0 Å². The summed E-state index contributed by atoms with van der Waals surface area (Å²) in [6.45, 7) is 4.15. The molecule has 1 atom stereocenters. The molecule has 0 aromatic carbocycles. The molecule has 16 heavy (non-hydrogen) atoms. The summed E-state index contributed by atoms with van der Waals surface area (Å²) in [5, 5.41) is 0. The molecule has 1 unspecified atom stereocenters. The SMILES string of the molecule is CCCC=COC(CC)[Si](OC)(OC)OC. The Bertz CT molecular complexity index is 184. The standard InChI is InChI=1S/C11H24O4Si/c1-6-8-9-10-15-11(7-2)16(12-3,13-4)14-5/h9-11H,6-8H2,1-5H3. The molecule has 0 spiro atoms. The van der Waals surface area contributed by atoms with Crippen LogP contribution in [0.1, 0.15) is 33.1 Å². The van der Waals surface area contributed by atoms with E-state index < -0.39 is 8.80 Å². The van der Waals surface area contributed by atoms with Crippen LogP contribution >= 0.6 is 0 Å². The van der Waals surface area contributed by atoms with Crippen LogP contribution in [0.2, 0.25) is 0 Å². The highest BCUT2D eigenvalue weighted by atomic mass is 28.4. The van der Waals surface area contributed by atoms with Crippen LogP contribution in [-0.2, 0) is 18.0 Å². The van der Waals surface area contributed by atoms with E-state index in [2.05, 4.69) is 6.92 Å². The van der Waals surface area contributed by atoms with Gasteiger partial charge in [0, 0.05) is 21.3 Å². The lowest BCUT2D eigenvalue weighted by Gasteiger charge is -2.30. The van der Waals surface area contributed by atoms with Gasteiger partial charge in [-0.25, -0.2) is 0 Å². The Morgan fingerprint density at radius 3 is 2.00 bits per heavy atom. The summed E-state index contributed by atoms with van der Waals surface area (Å²) >= 11 is 0. The van der Waals surface area contributed by atoms with Crippen molar-refractivity contribution in [2.75, 3.05) is 21.3 Å². The second-order valence-electron chi connectivity index (χ2n) is 3.41. The molecule has 0 heterocycles. The zero-order valence-corrected chi connectivity index (χ0v) is 12.0. The molecule has 0 radical (unpaired) electrons. The smallest absolute Gasteiger partial charge is 0.494 e. The van der Waals surface area contributed by atoms with Gasteiger partial charge in [0.05, 0.1) is 6.26 Å². The topological polar surface area (TPSA) is 36.9 Å². The zero-order valence-electron chi connectivity index (χ0n) is 11.0. The summed E-state index contributed by atoms with van der Waals surface area (Å²) in [6, 6.07) is 0. The Labute approximate surface area is 99.9 Å². The number of unbranched alkanes of at least 4 members (excludes halogenated alkanes) is 1. The molecule has 0 rings (SSSR count). The van der Waals surface area contributed by atoms with Gasteiger partial charge in [-0.05, 0) is 18.9 Å². The Hall–Kier alpha value is -0.363. The fourth-order valence-corrected chi connectivity index (χ4v) is 3.49. The van der Waals surface area contributed by atoms with Crippen LogP contribution in [0, 0.1) is 0 Å². The van der Waals surface area contributed by atoms with Gasteiger partial charge in [-0.15, -0.1) is 0 Å². The minimum atomic E-state index is -2.68. The van der Waals surface area contributed by atoms with Crippen molar-refractivity contribution in [3.05, 3.63) is 12.3 Å². The van der Waals surface area contributed by atoms with E-state index in [4.69, 9.17) is 18.0 Å².